The second kappa shape index (κ2) is 12.8. The van der Waals surface area contributed by atoms with E-state index in [2.05, 4.69) is 0 Å². The number of hydrogen-bond acceptors (Lipinski definition) is 2. The van der Waals surface area contributed by atoms with Crippen molar-refractivity contribution in [2.75, 3.05) is 0 Å². The minimum Gasteiger partial charge on any atom is -0.308 e. The van der Waals surface area contributed by atoms with Gasteiger partial charge in [0.2, 0.25) is 0 Å². The van der Waals surface area contributed by atoms with Crippen molar-refractivity contribution >= 4 is 43.6 Å². The molecular formula is C42H18F12N4. The topological polar surface area (TPSA) is 57.4 Å². The minimum atomic E-state index is -4.84. The second-order valence-electron chi connectivity index (χ2n) is 13.3. The first kappa shape index (κ1) is 38.0. The van der Waals surface area contributed by atoms with Gasteiger partial charge in [0, 0.05) is 21.5 Å². The van der Waals surface area contributed by atoms with Gasteiger partial charge in [-0.1, -0.05) is 12.1 Å². The van der Waals surface area contributed by atoms with Gasteiger partial charge in [-0.15, -0.1) is 0 Å². The summed E-state index contributed by atoms with van der Waals surface area (Å²) in [5.74, 6) is 0. The molecule has 0 unspecified atom stereocenters. The van der Waals surface area contributed by atoms with E-state index in [1.54, 1.807) is 0 Å². The molecule has 0 aliphatic rings. The summed E-state index contributed by atoms with van der Waals surface area (Å²) in [4.78, 5) is 0. The number of rotatable bonds is 3. The van der Waals surface area contributed by atoms with E-state index in [9.17, 15) is 63.2 Å². The van der Waals surface area contributed by atoms with Crippen molar-refractivity contribution in [2.24, 2.45) is 0 Å². The van der Waals surface area contributed by atoms with Gasteiger partial charge in [0.25, 0.3) is 0 Å². The van der Waals surface area contributed by atoms with Crippen LogP contribution in [0.4, 0.5) is 52.7 Å². The van der Waals surface area contributed by atoms with Gasteiger partial charge in [-0.2, -0.15) is 63.2 Å². The number of fused-ring (bicyclic) bond motifs is 6. The maximum absolute atomic E-state index is 13.8. The lowest BCUT2D eigenvalue weighted by atomic mass is 9.99. The fraction of sp³-hybridized carbons (Fsp3) is 0.0952. The zero-order valence-electron chi connectivity index (χ0n) is 28.7. The van der Waals surface area contributed by atoms with Crippen LogP contribution in [-0.2, 0) is 24.7 Å². The molecule has 16 heteroatoms. The van der Waals surface area contributed by atoms with Crippen LogP contribution in [0.1, 0.15) is 33.4 Å². The molecule has 0 bridgehead atoms. The predicted octanol–water partition coefficient (Wildman–Crippen LogP) is 13.4. The first-order valence-corrected chi connectivity index (χ1v) is 16.7. The third-order valence-corrected chi connectivity index (χ3v) is 9.89. The molecule has 0 atom stereocenters. The molecule has 0 saturated carbocycles. The molecule has 0 aliphatic heterocycles. The first-order chi connectivity index (χ1) is 27.2. The number of nitriles is 2. The highest BCUT2D eigenvalue weighted by atomic mass is 19.4. The second-order valence-corrected chi connectivity index (χ2v) is 13.3. The number of hydrogen-bond donors (Lipinski definition) is 0. The van der Waals surface area contributed by atoms with Crippen LogP contribution >= 0.6 is 0 Å². The molecule has 0 radical (unpaired) electrons. The van der Waals surface area contributed by atoms with Gasteiger partial charge < -0.3 is 9.13 Å². The van der Waals surface area contributed by atoms with E-state index in [1.807, 2.05) is 12.1 Å². The fourth-order valence-corrected chi connectivity index (χ4v) is 7.25. The first-order valence-electron chi connectivity index (χ1n) is 16.7. The maximum atomic E-state index is 13.8. The third kappa shape index (κ3) is 6.21. The van der Waals surface area contributed by atoms with Crippen molar-refractivity contribution in [3.63, 3.8) is 0 Å². The monoisotopic (exact) mass is 806 g/mol. The van der Waals surface area contributed by atoms with E-state index < -0.39 is 47.0 Å². The molecule has 2 heterocycles. The molecule has 4 nitrogen and oxygen atoms in total. The Balaban J connectivity index is 1.38. The summed E-state index contributed by atoms with van der Waals surface area (Å²) in [6.45, 7) is 0. The molecule has 0 fully saturated rings. The Morgan fingerprint density at radius 3 is 0.828 bits per heavy atom. The van der Waals surface area contributed by atoms with Crippen LogP contribution in [0, 0.1) is 22.7 Å². The molecule has 0 spiro atoms. The van der Waals surface area contributed by atoms with Crippen molar-refractivity contribution < 1.29 is 52.7 Å². The maximum Gasteiger partial charge on any atom is 0.416 e. The summed E-state index contributed by atoms with van der Waals surface area (Å²) in [5, 5.41) is 19.6. The van der Waals surface area contributed by atoms with E-state index in [-0.39, 0.29) is 66.1 Å². The molecule has 8 rings (SSSR count). The lowest BCUT2D eigenvalue weighted by molar-refractivity contribution is -0.138. The highest BCUT2D eigenvalue weighted by Crippen LogP contribution is 2.43. The van der Waals surface area contributed by atoms with Crippen LogP contribution in [0.2, 0.25) is 0 Å². The molecule has 6 aromatic carbocycles. The van der Waals surface area contributed by atoms with E-state index in [0.717, 1.165) is 72.8 Å². The quantitative estimate of drug-likeness (QED) is 0.167. The number of aromatic nitrogens is 2. The van der Waals surface area contributed by atoms with Crippen molar-refractivity contribution in [2.45, 2.75) is 24.7 Å². The van der Waals surface area contributed by atoms with Gasteiger partial charge in [0.15, 0.2) is 0 Å². The molecule has 290 valence electrons. The van der Waals surface area contributed by atoms with Crippen LogP contribution in [-0.4, -0.2) is 9.13 Å². The van der Waals surface area contributed by atoms with Gasteiger partial charge in [-0.05, 0) is 108 Å². The third-order valence-electron chi connectivity index (χ3n) is 9.89. The van der Waals surface area contributed by atoms with Crippen LogP contribution < -0.4 is 0 Å². The summed E-state index contributed by atoms with van der Waals surface area (Å²) >= 11 is 0. The average Bonchev–Trinajstić information content (AvgIpc) is 3.67. The number of benzene rings is 6. The number of halogens is 12. The van der Waals surface area contributed by atoms with Crippen molar-refractivity contribution in [3.05, 3.63) is 143 Å². The Morgan fingerprint density at radius 2 is 0.603 bits per heavy atom. The summed E-state index contributed by atoms with van der Waals surface area (Å²) in [5.41, 5.74) is -3.64. The Labute approximate surface area is 317 Å². The van der Waals surface area contributed by atoms with Crippen molar-refractivity contribution in [3.8, 4) is 34.6 Å². The van der Waals surface area contributed by atoms with Gasteiger partial charge in [0.05, 0.1) is 66.8 Å². The van der Waals surface area contributed by atoms with Gasteiger partial charge in [-0.25, -0.2) is 0 Å². The Morgan fingerprint density at radius 1 is 0.345 bits per heavy atom. The normalized spacial score (nSPS) is 12.8. The number of alkyl halides is 12. The summed E-state index contributed by atoms with van der Waals surface area (Å²) in [7, 11) is 0. The van der Waals surface area contributed by atoms with Gasteiger partial charge in [-0.3, -0.25) is 0 Å². The molecular weight excluding hydrogens is 788 g/mol. The van der Waals surface area contributed by atoms with E-state index in [1.165, 1.54) is 45.5 Å². The van der Waals surface area contributed by atoms with E-state index >= 15 is 0 Å². The zero-order chi connectivity index (χ0) is 41.7. The summed E-state index contributed by atoms with van der Waals surface area (Å²) in [6, 6.07) is 22.8. The van der Waals surface area contributed by atoms with E-state index in [0.29, 0.717) is 11.1 Å². The molecule has 0 saturated heterocycles. The van der Waals surface area contributed by atoms with Crippen molar-refractivity contribution in [1.29, 1.82) is 10.5 Å². The highest BCUT2D eigenvalue weighted by Gasteiger charge is 2.35. The highest BCUT2D eigenvalue weighted by molar-refractivity contribution is 6.11. The van der Waals surface area contributed by atoms with Gasteiger partial charge >= 0.3 is 24.7 Å². The van der Waals surface area contributed by atoms with Crippen LogP contribution in [0.25, 0.3) is 66.1 Å². The largest absolute Gasteiger partial charge is 0.416 e. The summed E-state index contributed by atoms with van der Waals surface area (Å²) < 4.78 is 169. The Hall–Kier alpha value is -6.94. The van der Waals surface area contributed by atoms with Crippen LogP contribution in [0.3, 0.4) is 0 Å². The molecule has 0 N–H and O–H groups in total. The molecule has 58 heavy (non-hydrogen) atoms. The smallest absolute Gasteiger partial charge is 0.308 e. The molecule has 0 aliphatic carbocycles. The van der Waals surface area contributed by atoms with Gasteiger partial charge in [0.1, 0.15) is 12.1 Å². The average molecular weight is 807 g/mol. The number of nitrogens with zero attached hydrogens (tertiary/aromatic N) is 4. The molecule has 8 aromatic rings. The zero-order valence-corrected chi connectivity index (χ0v) is 28.7. The van der Waals surface area contributed by atoms with Crippen LogP contribution in [0.15, 0.2) is 109 Å². The minimum absolute atomic E-state index is 0.0282. The van der Waals surface area contributed by atoms with Crippen molar-refractivity contribution in [1.82, 2.24) is 9.13 Å². The SMILES string of the molecule is N#Cc1ccc(-c2ccc(C#N)c(-n3c4ccc(C(F)(F)F)cc4c4cc(C(F)(F)F)ccc43)c2)cc1-n1c2ccc(C(F)(F)F)cc2c2cc(C(F)(F)F)ccc21. The van der Waals surface area contributed by atoms with Crippen LogP contribution in [0.5, 0.6) is 0 Å². The predicted molar refractivity (Wildman–Crippen MR) is 190 cm³/mol. The fourth-order valence-electron chi connectivity index (χ4n) is 7.25. The Kier molecular flexibility index (Phi) is 8.37. The Bertz CT molecular complexity index is 2740. The van der Waals surface area contributed by atoms with E-state index in [4.69, 9.17) is 0 Å². The molecule has 2 aromatic heterocycles. The summed E-state index contributed by atoms with van der Waals surface area (Å²) in [6.07, 6.45) is -19.4. The lowest BCUT2D eigenvalue weighted by Gasteiger charge is -2.15. The standard InChI is InChI=1S/C42H18F12N4/c43-39(44,45)25-5-9-33-29(15-25)30-16-26(40(46,47)48)6-10-34(30)57(33)37-13-21(1-3-23(37)19-55)22-2-4-24(20-56)38(14-22)58-35-11-7-27(41(49,50)51)17-31(35)32-18-28(42(52,53)54)8-12-36(32)58/h1-18H. The molecule has 0 amide bonds. The lowest BCUT2D eigenvalue weighted by Crippen LogP contribution is -2.05.